The van der Waals surface area contributed by atoms with E-state index in [0.717, 1.165) is 17.2 Å². The summed E-state index contributed by atoms with van der Waals surface area (Å²) in [6, 6.07) is 10.2. The summed E-state index contributed by atoms with van der Waals surface area (Å²) < 4.78 is 0. The number of benzene rings is 1. The number of anilines is 3. The molecular formula is C20H22Cl2N4. The van der Waals surface area contributed by atoms with Gasteiger partial charge in [0.05, 0.1) is 21.4 Å². The van der Waals surface area contributed by atoms with Crippen LogP contribution < -0.4 is 15.5 Å². The lowest BCUT2D eigenvalue weighted by Crippen LogP contribution is -2.49. The van der Waals surface area contributed by atoms with Crippen LogP contribution in [0.4, 0.5) is 17.2 Å². The zero-order chi connectivity index (χ0) is 17.7. The van der Waals surface area contributed by atoms with E-state index in [1.165, 1.54) is 38.5 Å². The van der Waals surface area contributed by atoms with Gasteiger partial charge < -0.3 is 15.5 Å². The van der Waals surface area contributed by atoms with Crippen LogP contribution in [0.3, 0.4) is 0 Å². The van der Waals surface area contributed by atoms with E-state index >= 15 is 0 Å². The average Bonchev–Trinajstić information content (AvgIpc) is 3.29. The van der Waals surface area contributed by atoms with Crippen molar-refractivity contribution in [2.75, 3.05) is 15.5 Å². The summed E-state index contributed by atoms with van der Waals surface area (Å²) in [4.78, 5) is 6.96. The topological polar surface area (TPSA) is 40.2 Å². The minimum absolute atomic E-state index is 0.101. The second-order valence-electron chi connectivity index (χ2n) is 7.80. The molecule has 0 radical (unpaired) electrons. The van der Waals surface area contributed by atoms with Crippen molar-refractivity contribution < 1.29 is 0 Å². The molecule has 2 fully saturated rings. The van der Waals surface area contributed by atoms with Gasteiger partial charge >= 0.3 is 0 Å². The summed E-state index contributed by atoms with van der Waals surface area (Å²) in [5.41, 5.74) is 2.60. The Hall–Kier alpha value is -1.65. The van der Waals surface area contributed by atoms with E-state index in [0.29, 0.717) is 21.5 Å². The summed E-state index contributed by atoms with van der Waals surface area (Å²) in [5, 5.41) is 8.28. The monoisotopic (exact) mass is 388 g/mol. The number of aromatic nitrogens is 1. The Kier molecular flexibility index (Phi) is 3.94. The SMILES string of the molecule is Clc1cccc(Cl)c1NC1Nc2ncccc2N1C1CCC2(CC1)CC2. The lowest BCUT2D eigenvalue weighted by molar-refractivity contribution is 0.293. The van der Waals surface area contributed by atoms with Crippen molar-refractivity contribution in [2.24, 2.45) is 5.41 Å². The molecule has 0 saturated heterocycles. The van der Waals surface area contributed by atoms with Gasteiger partial charge in [0.15, 0.2) is 12.1 Å². The van der Waals surface area contributed by atoms with E-state index in [9.17, 15) is 0 Å². The fourth-order valence-corrected chi connectivity index (χ4v) is 5.02. The molecular weight excluding hydrogens is 367 g/mol. The zero-order valence-corrected chi connectivity index (χ0v) is 16.0. The van der Waals surface area contributed by atoms with Gasteiger partial charge in [0.2, 0.25) is 0 Å². The van der Waals surface area contributed by atoms with Crippen LogP contribution in [-0.2, 0) is 0 Å². The van der Waals surface area contributed by atoms with E-state index < -0.39 is 0 Å². The standard InChI is InChI=1S/C20H22Cl2N4/c21-14-3-1-4-15(22)17(14)24-19-25-18-16(5-2-12-23-18)26(19)13-6-8-20(9-7-13)10-11-20/h1-5,12-13,19,24H,6-11H2,(H,23,25). The van der Waals surface area contributed by atoms with Crippen LogP contribution in [0.15, 0.2) is 36.5 Å². The molecule has 1 aromatic heterocycles. The second-order valence-corrected chi connectivity index (χ2v) is 8.61. The van der Waals surface area contributed by atoms with Gasteiger partial charge in [-0.15, -0.1) is 0 Å². The molecule has 136 valence electrons. The molecule has 5 rings (SSSR count). The summed E-state index contributed by atoms with van der Waals surface area (Å²) in [6.45, 7) is 0. The van der Waals surface area contributed by atoms with Crippen LogP contribution in [0, 0.1) is 5.41 Å². The first-order valence-corrected chi connectivity index (χ1v) is 10.1. The minimum Gasteiger partial charge on any atom is -0.346 e. The highest BCUT2D eigenvalue weighted by Crippen LogP contribution is 2.57. The Morgan fingerprint density at radius 2 is 1.77 bits per heavy atom. The molecule has 1 spiro atoms. The first-order valence-electron chi connectivity index (χ1n) is 9.36. The fraction of sp³-hybridized carbons (Fsp3) is 0.450. The summed E-state index contributed by atoms with van der Waals surface area (Å²) in [5.74, 6) is 0.917. The van der Waals surface area contributed by atoms with Crippen LogP contribution in [0.5, 0.6) is 0 Å². The lowest BCUT2D eigenvalue weighted by Gasteiger charge is -2.39. The van der Waals surface area contributed by atoms with E-state index in [4.69, 9.17) is 23.2 Å². The first-order chi connectivity index (χ1) is 12.7. The Bertz CT molecular complexity index is 806. The summed E-state index contributed by atoms with van der Waals surface area (Å²) >= 11 is 12.8. The number of halogens is 2. The van der Waals surface area contributed by atoms with E-state index in [1.807, 2.05) is 30.5 Å². The Labute approximate surface area is 163 Å². The Morgan fingerprint density at radius 3 is 2.46 bits per heavy atom. The molecule has 1 atom stereocenters. The molecule has 4 nitrogen and oxygen atoms in total. The second kappa shape index (κ2) is 6.21. The van der Waals surface area contributed by atoms with Crippen molar-refractivity contribution in [3.63, 3.8) is 0 Å². The molecule has 0 bridgehead atoms. The van der Waals surface area contributed by atoms with Gasteiger partial charge in [-0.2, -0.15) is 0 Å². The zero-order valence-electron chi connectivity index (χ0n) is 14.5. The Morgan fingerprint density at radius 1 is 1.04 bits per heavy atom. The maximum atomic E-state index is 6.39. The predicted octanol–water partition coefficient (Wildman–Crippen LogP) is 5.74. The Balaban J connectivity index is 1.44. The van der Waals surface area contributed by atoms with Crippen molar-refractivity contribution in [1.82, 2.24) is 4.98 Å². The highest BCUT2D eigenvalue weighted by Gasteiger charge is 2.47. The molecule has 2 aliphatic carbocycles. The number of nitrogens with one attached hydrogen (secondary N) is 2. The molecule has 2 N–H and O–H groups in total. The lowest BCUT2D eigenvalue weighted by atomic mass is 9.83. The van der Waals surface area contributed by atoms with Gasteiger partial charge in [-0.05, 0) is 68.2 Å². The van der Waals surface area contributed by atoms with Gasteiger partial charge in [0, 0.05) is 12.2 Å². The van der Waals surface area contributed by atoms with Crippen LogP contribution in [0.25, 0.3) is 0 Å². The van der Waals surface area contributed by atoms with Crippen LogP contribution in [0.1, 0.15) is 38.5 Å². The number of hydrogen-bond donors (Lipinski definition) is 2. The predicted molar refractivity (Wildman–Crippen MR) is 108 cm³/mol. The maximum absolute atomic E-state index is 6.39. The number of rotatable bonds is 3. The largest absolute Gasteiger partial charge is 0.346 e. The third-order valence-corrected chi connectivity index (χ3v) is 6.86. The molecule has 1 aromatic carbocycles. The van der Waals surface area contributed by atoms with Crippen molar-refractivity contribution >= 4 is 40.4 Å². The van der Waals surface area contributed by atoms with Crippen LogP contribution >= 0.6 is 23.2 Å². The van der Waals surface area contributed by atoms with Gasteiger partial charge in [0.1, 0.15) is 0 Å². The smallest absolute Gasteiger partial charge is 0.177 e. The minimum atomic E-state index is -0.101. The van der Waals surface area contributed by atoms with E-state index in [-0.39, 0.29) is 6.29 Å². The number of para-hydroxylation sites is 1. The molecule has 6 heteroatoms. The molecule has 2 aromatic rings. The van der Waals surface area contributed by atoms with Gasteiger partial charge in [-0.1, -0.05) is 29.3 Å². The van der Waals surface area contributed by atoms with Crippen molar-refractivity contribution in [3.8, 4) is 0 Å². The third kappa shape index (κ3) is 2.80. The number of hydrogen-bond acceptors (Lipinski definition) is 4. The van der Waals surface area contributed by atoms with Gasteiger partial charge in [-0.3, -0.25) is 0 Å². The van der Waals surface area contributed by atoms with Crippen molar-refractivity contribution in [3.05, 3.63) is 46.6 Å². The normalized spacial score (nSPS) is 23.6. The van der Waals surface area contributed by atoms with Crippen molar-refractivity contribution in [2.45, 2.75) is 50.9 Å². The van der Waals surface area contributed by atoms with Crippen LogP contribution in [0.2, 0.25) is 10.0 Å². The highest BCUT2D eigenvalue weighted by atomic mass is 35.5. The first kappa shape index (κ1) is 16.5. The number of fused-ring (bicyclic) bond motifs is 1. The fourth-order valence-electron chi connectivity index (χ4n) is 4.51. The molecule has 1 aliphatic heterocycles. The van der Waals surface area contributed by atoms with E-state index in [2.05, 4.69) is 26.6 Å². The summed E-state index contributed by atoms with van der Waals surface area (Å²) in [7, 11) is 0. The number of nitrogens with zero attached hydrogens (tertiary/aromatic N) is 2. The molecule has 0 amide bonds. The van der Waals surface area contributed by atoms with Gasteiger partial charge in [-0.25, -0.2) is 4.98 Å². The molecule has 2 heterocycles. The maximum Gasteiger partial charge on any atom is 0.177 e. The third-order valence-electron chi connectivity index (χ3n) is 6.23. The molecule has 1 unspecified atom stereocenters. The van der Waals surface area contributed by atoms with Gasteiger partial charge in [0.25, 0.3) is 0 Å². The average molecular weight is 389 g/mol. The van der Waals surface area contributed by atoms with Crippen molar-refractivity contribution in [1.29, 1.82) is 0 Å². The van der Waals surface area contributed by atoms with E-state index in [1.54, 1.807) is 0 Å². The number of pyridine rings is 1. The molecule has 2 saturated carbocycles. The van der Waals surface area contributed by atoms with Crippen LogP contribution in [-0.4, -0.2) is 17.3 Å². The highest BCUT2D eigenvalue weighted by molar-refractivity contribution is 6.39. The summed E-state index contributed by atoms with van der Waals surface area (Å²) in [6.07, 6.45) is 9.70. The quantitative estimate of drug-likeness (QED) is 0.703. The molecule has 26 heavy (non-hydrogen) atoms. The molecule has 3 aliphatic rings.